The van der Waals surface area contributed by atoms with Gasteiger partial charge in [0.2, 0.25) is 0 Å². The molecule has 2 rings (SSSR count). The van der Waals surface area contributed by atoms with E-state index in [0.717, 1.165) is 12.8 Å². The van der Waals surface area contributed by atoms with Gasteiger partial charge in [-0.1, -0.05) is 0 Å². The Balaban J connectivity index is 2.00. The number of nitrogens with zero attached hydrogens (tertiary/aromatic N) is 2. The standard InChI is InChI=1S/C19H26FN3O3/c1-5-25-17-11-14(10-16(20)15(17)12-21)23-8-6-13(7-9-23)22-18(24)26-19(2,3)4/h10-11,13H,5-9H2,1-4H3,(H,22,24). The van der Waals surface area contributed by atoms with Crippen molar-refractivity contribution in [3.63, 3.8) is 0 Å². The van der Waals surface area contributed by atoms with Crippen LogP contribution in [-0.2, 0) is 4.74 Å². The maximum absolute atomic E-state index is 14.2. The molecule has 1 heterocycles. The number of amides is 1. The topological polar surface area (TPSA) is 74.6 Å². The molecule has 0 bridgehead atoms. The molecule has 1 N–H and O–H groups in total. The van der Waals surface area contributed by atoms with Crippen molar-refractivity contribution in [1.29, 1.82) is 5.26 Å². The fourth-order valence-corrected chi connectivity index (χ4v) is 2.88. The Labute approximate surface area is 153 Å². The highest BCUT2D eigenvalue weighted by Crippen LogP contribution is 2.30. The predicted octanol–water partition coefficient (Wildman–Crippen LogP) is 3.59. The molecule has 7 heteroatoms. The van der Waals surface area contributed by atoms with E-state index in [9.17, 15) is 9.18 Å². The van der Waals surface area contributed by atoms with Gasteiger partial charge in [-0.3, -0.25) is 0 Å². The summed E-state index contributed by atoms with van der Waals surface area (Å²) in [4.78, 5) is 13.9. The lowest BCUT2D eigenvalue weighted by Crippen LogP contribution is -2.46. The second-order valence-electron chi connectivity index (χ2n) is 7.25. The second-order valence-corrected chi connectivity index (χ2v) is 7.25. The molecule has 0 spiro atoms. The van der Waals surface area contributed by atoms with Crippen molar-refractivity contribution in [3.8, 4) is 11.8 Å². The van der Waals surface area contributed by atoms with E-state index in [2.05, 4.69) is 5.32 Å². The fraction of sp³-hybridized carbons (Fsp3) is 0.579. The minimum Gasteiger partial charge on any atom is -0.492 e. The molecule has 0 aromatic heterocycles. The Morgan fingerprint density at radius 3 is 2.58 bits per heavy atom. The summed E-state index contributed by atoms with van der Waals surface area (Å²) in [6.45, 7) is 8.95. The van der Waals surface area contributed by atoms with E-state index in [1.54, 1.807) is 13.0 Å². The maximum Gasteiger partial charge on any atom is 0.407 e. The predicted molar refractivity (Wildman–Crippen MR) is 96.9 cm³/mol. The number of rotatable bonds is 4. The molecule has 142 valence electrons. The van der Waals surface area contributed by atoms with E-state index in [1.165, 1.54) is 6.07 Å². The summed E-state index contributed by atoms with van der Waals surface area (Å²) in [6, 6.07) is 4.93. The number of carbonyl (C=O) groups excluding carboxylic acids is 1. The minimum atomic E-state index is -0.581. The van der Waals surface area contributed by atoms with Crippen molar-refractivity contribution < 1.29 is 18.7 Å². The van der Waals surface area contributed by atoms with Crippen LogP contribution in [0.1, 0.15) is 46.1 Å². The highest BCUT2D eigenvalue weighted by molar-refractivity contribution is 5.68. The van der Waals surface area contributed by atoms with Gasteiger partial charge in [-0.2, -0.15) is 5.26 Å². The SMILES string of the molecule is CCOc1cc(N2CCC(NC(=O)OC(C)(C)C)CC2)cc(F)c1C#N. The average Bonchev–Trinajstić information content (AvgIpc) is 2.53. The van der Waals surface area contributed by atoms with Gasteiger partial charge in [0.25, 0.3) is 0 Å². The number of hydrogen-bond acceptors (Lipinski definition) is 5. The van der Waals surface area contributed by atoms with Gasteiger partial charge in [0.05, 0.1) is 6.61 Å². The zero-order valence-electron chi connectivity index (χ0n) is 15.8. The van der Waals surface area contributed by atoms with Gasteiger partial charge in [-0.05, 0) is 46.6 Å². The number of ether oxygens (including phenoxy) is 2. The van der Waals surface area contributed by atoms with Crippen LogP contribution >= 0.6 is 0 Å². The Morgan fingerprint density at radius 2 is 2.04 bits per heavy atom. The van der Waals surface area contributed by atoms with Crippen LogP contribution < -0.4 is 15.0 Å². The van der Waals surface area contributed by atoms with Crippen LogP contribution in [0, 0.1) is 17.1 Å². The van der Waals surface area contributed by atoms with E-state index in [0.29, 0.717) is 25.4 Å². The summed E-state index contributed by atoms with van der Waals surface area (Å²) in [5.41, 5.74) is 0.0817. The average molecular weight is 363 g/mol. The van der Waals surface area contributed by atoms with Gasteiger partial charge in [-0.15, -0.1) is 0 Å². The van der Waals surface area contributed by atoms with Gasteiger partial charge in [0.1, 0.15) is 28.8 Å². The summed E-state index contributed by atoms with van der Waals surface area (Å²) >= 11 is 0. The van der Waals surface area contributed by atoms with E-state index < -0.39 is 17.5 Å². The molecule has 0 atom stereocenters. The number of nitriles is 1. The number of piperidine rings is 1. The Hall–Kier alpha value is -2.49. The quantitative estimate of drug-likeness (QED) is 0.885. The second kappa shape index (κ2) is 8.26. The lowest BCUT2D eigenvalue weighted by molar-refractivity contribution is 0.0497. The molecule has 26 heavy (non-hydrogen) atoms. The zero-order chi connectivity index (χ0) is 19.3. The first-order valence-corrected chi connectivity index (χ1v) is 8.84. The monoisotopic (exact) mass is 363 g/mol. The smallest absolute Gasteiger partial charge is 0.407 e. The van der Waals surface area contributed by atoms with Crippen LogP contribution in [-0.4, -0.2) is 37.4 Å². The van der Waals surface area contributed by atoms with Crippen molar-refractivity contribution in [2.75, 3.05) is 24.6 Å². The third kappa shape index (κ3) is 5.25. The van der Waals surface area contributed by atoms with Gasteiger partial charge >= 0.3 is 6.09 Å². The molecule has 1 fully saturated rings. The molecule has 0 aliphatic carbocycles. The van der Waals surface area contributed by atoms with Crippen LogP contribution in [0.5, 0.6) is 5.75 Å². The van der Waals surface area contributed by atoms with Crippen LogP contribution in [0.4, 0.5) is 14.9 Å². The highest BCUT2D eigenvalue weighted by atomic mass is 19.1. The van der Waals surface area contributed by atoms with E-state index in [4.69, 9.17) is 14.7 Å². The number of hydrogen-bond donors (Lipinski definition) is 1. The number of benzene rings is 1. The van der Waals surface area contributed by atoms with Crippen molar-refractivity contribution in [2.45, 2.75) is 52.2 Å². The van der Waals surface area contributed by atoms with Crippen LogP contribution in [0.2, 0.25) is 0 Å². The largest absolute Gasteiger partial charge is 0.492 e. The first-order chi connectivity index (χ1) is 12.2. The highest BCUT2D eigenvalue weighted by Gasteiger charge is 2.25. The summed E-state index contributed by atoms with van der Waals surface area (Å²) in [5.74, 6) is -0.318. The lowest BCUT2D eigenvalue weighted by Gasteiger charge is -2.34. The van der Waals surface area contributed by atoms with E-state index >= 15 is 0 Å². The zero-order valence-corrected chi connectivity index (χ0v) is 15.8. The molecule has 0 saturated carbocycles. The molecular weight excluding hydrogens is 337 g/mol. The lowest BCUT2D eigenvalue weighted by atomic mass is 10.0. The Bertz CT molecular complexity index is 686. The van der Waals surface area contributed by atoms with Crippen molar-refractivity contribution in [1.82, 2.24) is 5.32 Å². The van der Waals surface area contributed by atoms with E-state index in [-0.39, 0.29) is 17.4 Å². The number of halogens is 1. The first kappa shape index (κ1) is 19.8. The molecule has 6 nitrogen and oxygen atoms in total. The Kier molecular flexibility index (Phi) is 6.30. The molecule has 1 aliphatic heterocycles. The molecular formula is C19H26FN3O3. The van der Waals surface area contributed by atoms with Crippen LogP contribution in [0.25, 0.3) is 0 Å². The van der Waals surface area contributed by atoms with Crippen LogP contribution in [0.3, 0.4) is 0 Å². The van der Waals surface area contributed by atoms with Crippen molar-refractivity contribution in [2.24, 2.45) is 0 Å². The number of anilines is 1. The summed E-state index contributed by atoms with van der Waals surface area (Å²) in [5, 5.41) is 12.0. The number of carbonyl (C=O) groups is 1. The molecule has 0 radical (unpaired) electrons. The van der Waals surface area contributed by atoms with Crippen LogP contribution in [0.15, 0.2) is 12.1 Å². The number of alkyl carbamates (subject to hydrolysis) is 1. The van der Waals surface area contributed by atoms with Crippen molar-refractivity contribution >= 4 is 11.8 Å². The van der Waals surface area contributed by atoms with Gasteiger partial charge in [0, 0.05) is 30.9 Å². The fourth-order valence-electron chi connectivity index (χ4n) is 2.88. The van der Waals surface area contributed by atoms with E-state index in [1.807, 2.05) is 31.7 Å². The normalized spacial score (nSPS) is 15.3. The third-order valence-electron chi connectivity index (χ3n) is 4.03. The summed E-state index contributed by atoms with van der Waals surface area (Å²) in [6.07, 6.45) is 1.04. The van der Waals surface area contributed by atoms with Gasteiger partial charge < -0.3 is 19.7 Å². The Morgan fingerprint density at radius 1 is 1.38 bits per heavy atom. The molecule has 1 saturated heterocycles. The molecule has 1 aliphatic rings. The minimum absolute atomic E-state index is 0.0238. The van der Waals surface area contributed by atoms with Gasteiger partial charge in [0.15, 0.2) is 0 Å². The molecule has 1 aromatic carbocycles. The number of nitrogens with one attached hydrogen (secondary N) is 1. The first-order valence-electron chi connectivity index (χ1n) is 8.84. The maximum atomic E-state index is 14.2. The molecule has 0 unspecified atom stereocenters. The molecule has 1 amide bonds. The summed E-state index contributed by atoms with van der Waals surface area (Å²) < 4.78 is 24.9. The van der Waals surface area contributed by atoms with Crippen molar-refractivity contribution in [3.05, 3.63) is 23.5 Å². The summed E-state index contributed by atoms with van der Waals surface area (Å²) in [7, 11) is 0. The van der Waals surface area contributed by atoms with Gasteiger partial charge in [-0.25, -0.2) is 9.18 Å². The molecule has 1 aromatic rings. The third-order valence-corrected chi connectivity index (χ3v) is 4.03.